The molecule has 0 aromatic heterocycles. The van der Waals surface area contributed by atoms with E-state index < -0.39 is 0 Å². The van der Waals surface area contributed by atoms with Crippen LogP contribution < -0.4 is 15.4 Å². The topological polar surface area (TPSA) is 70.6 Å². The minimum atomic E-state index is -0.371. The first-order valence-electron chi connectivity index (χ1n) is 10.9. The fourth-order valence-electron chi connectivity index (χ4n) is 4.70. The molecular formula is C27H26N2O3. The minimum Gasteiger partial charge on any atom is -0.504 e. The van der Waals surface area contributed by atoms with Crippen molar-refractivity contribution in [2.75, 3.05) is 17.7 Å². The van der Waals surface area contributed by atoms with Crippen LogP contribution in [0.4, 0.5) is 11.4 Å². The van der Waals surface area contributed by atoms with Crippen molar-refractivity contribution >= 4 is 17.2 Å². The predicted octanol–water partition coefficient (Wildman–Crippen LogP) is 5.69. The Hall–Kier alpha value is -3.73. The number of phenolic OH excluding ortho intramolecular Hbond substituents is 1. The number of ether oxygens (including phenoxy) is 1. The summed E-state index contributed by atoms with van der Waals surface area (Å²) in [5.41, 5.74) is 6.73. The molecule has 1 heterocycles. The maximum Gasteiger partial charge on any atom is 0.163 e. The van der Waals surface area contributed by atoms with E-state index in [1.165, 1.54) is 18.2 Å². The van der Waals surface area contributed by atoms with Gasteiger partial charge in [0, 0.05) is 17.7 Å². The van der Waals surface area contributed by atoms with Crippen LogP contribution in [-0.4, -0.2) is 18.0 Å². The van der Waals surface area contributed by atoms with Gasteiger partial charge >= 0.3 is 0 Å². The molecule has 0 bridgehead atoms. The lowest BCUT2D eigenvalue weighted by molar-refractivity contribution is -0.116. The molecule has 3 N–H and O–H groups in total. The zero-order valence-corrected chi connectivity index (χ0v) is 18.2. The molecule has 0 spiro atoms. The molecule has 162 valence electrons. The van der Waals surface area contributed by atoms with Crippen molar-refractivity contribution < 1.29 is 14.6 Å². The Balaban J connectivity index is 1.60. The van der Waals surface area contributed by atoms with Gasteiger partial charge in [0.1, 0.15) is 0 Å². The van der Waals surface area contributed by atoms with E-state index in [0.717, 1.165) is 34.6 Å². The minimum absolute atomic E-state index is 0.0558. The van der Waals surface area contributed by atoms with Crippen molar-refractivity contribution in [3.8, 4) is 11.5 Å². The highest BCUT2D eigenvalue weighted by Gasteiger charge is 2.36. The predicted molar refractivity (Wildman–Crippen MR) is 126 cm³/mol. The molecule has 1 aliphatic heterocycles. The number of nitrogens with one attached hydrogen (secondary N) is 2. The average Bonchev–Trinajstić information content (AvgIpc) is 2.96. The van der Waals surface area contributed by atoms with E-state index in [0.29, 0.717) is 12.2 Å². The van der Waals surface area contributed by atoms with Gasteiger partial charge in [-0.3, -0.25) is 4.79 Å². The van der Waals surface area contributed by atoms with Crippen molar-refractivity contribution in [1.82, 2.24) is 0 Å². The number of phenols is 1. The molecule has 0 radical (unpaired) electrons. The molecular weight excluding hydrogens is 400 g/mol. The second kappa shape index (κ2) is 8.08. The normalized spacial score (nSPS) is 19.9. The van der Waals surface area contributed by atoms with E-state index in [1.54, 1.807) is 12.1 Å². The number of allylic oxidation sites excluding steroid dienone is 1. The number of para-hydroxylation sites is 2. The van der Waals surface area contributed by atoms with Crippen LogP contribution in [0, 0.1) is 6.92 Å². The highest BCUT2D eigenvalue weighted by atomic mass is 16.5. The molecule has 2 aliphatic rings. The molecule has 0 saturated carbocycles. The van der Waals surface area contributed by atoms with Gasteiger partial charge in [0.25, 0.3) is 0 Å². The molecule has 0 unspecified atom stereocenters. The van der Waals surface area contributed by atoms with Gasteiger partial charge in [-0.15, -0.1) is 0 Å². The van der Waals surface area contributed by atoms with Crippen molar-refractivity contribution in [3.63, 3.8) is 0 Å². The summed E-state index contributed by atoms with van der Waals surface area (Å²) >= 11 is 0. The van der Waals surface area contributed by atoms with E-state index in [9.17, 15) is 9.90 Å². The summed E-state index contributed by atoms with van der Waals surface area (Å²) in [5.74, 6) is 0.708. The number of methoxy groups -OCH3 is 1. The Morgan fingerprint density at radius 1 is 0.938 bits per heavy atom. The number of hydrogen-bond acceptors (Lipinski definition) is 5. The third-order valence-electron chi connectivity index (χ3n) is 6.39. The standard InChI is InChI=1S/C27H26N2O3/c1-16-7-9-17(10-8-16)19-13-22-26(24(31)15-19)27(18-11-12-25(32-2)23(30)14-18)29-21-6-4-3-5-20(21)28-22/h3-12,14,19,27-30H,13,15H2,1-2H3/t19-,27+/m1/s1. The summed E-state index contributed by atoms with van der Waals surface area (Å²) in [7, 11) is 1.52. The highest BCUT2D eigenvalue weighted by Crippen LogP contribution is 2.45. The number of fused-ring (bicyclic) bond motifs is 1. The number of carbonyl (C=O) groups excluding carboxylic acids is 1. The summed E-state index contributed by atoms with van der Waals surface area (Å²) in [6.45, 7) is 2.07. The molecule has 0 fully saturated rings. The van der Waals surface area contributed by atoms with Crippen LogP contribution in [0.1, 0.15) is 41.5 Å². The summed E-state index contributed by atoms with van der Waals surface area (Å²) < 4.78 is 5.21. The Morgan fingerprint density at radius 2 is 1.66 bits per heavy atom. The lowest BCUT2D eigenvalue weighted by Gasteiger charge is -2.30. The largest absolute Gasteiger partial charge is 0.504 e. The third kappa shape index (κ3) is 3.60. The lowest BCUT2D eigenvalue weighted by Crippen LogP contribution is -2.26. The molecule has 5 heteroatoms. The van der Waals surface area contributed by atoms with Crippen LogP contribution in [-0.2, 0) is 4.79 Å². The van der Waals surface area contributed by atoms with Crippen LogP contribution in [0.15, 0.2) is 78.0 Å². The number of carbonyl (C=O) groups is 1. The Bertz CT molecular complexity index is 1210. The highest BCUT2D eigenvalue weighted by molar-refractivity contribution is 6.01. The van der Waals surface area contributed by atoms with Crippen molar-refractivity contribution in [1.29, 1.82) is 0 Å². The fraction of sp³-hybridized carbons (Fsp3) is 0.222. The third-order valence-corrected chi connectivity index (χ3v) is 6.39. The van der Waals surface area contributed by atoms with Crippen LogP contribution in [0.25, 0.3) is 0 Å². The summed E-state index contributed by atoms with van der Waals surface area (Å²) in [6.07, 6.45) is 1.21. The van der Waals surface area contributed by atoms with Crippen LogP contribution in [0.2, 0.25) is 0 Å². The number of aryl methyl sites for hydroxylation is 1. The number of ketones is 1. The summed E-state index contributed by atoms with van der Waals surface area (Å²) in [6, 6.07) is 21.4. The molecule has 0 amide bonds. The Labute approximate surface area is 187 Å². The zero-order valence-electron chi connectivity index (χ0n) is 18.2. The number of hydrogen-bond donors (Lipinski definition) is 3. The lowest BCUT2D eigenvalue weighted by atomic mass is 9.78. The molecule has 32 heavy (non-hydrogen) atoms. The second-order valence-electron chi connectivity index (χ2n) is 8.51. The molecule has 5 rings (SSSR count). The first kappa shape index (κ1) is 20.2. The number of aromatic hydroxyl groups is 1. The van der Waals surface area contributed by atoms with Crippen LogP contribution in [0.5, 0.6) is 11.5 Å². The van der Waals surface area contributed by atoms with E-state index >= 15 is 0 Å². The first-order valence-corrected chi connectivity index (χ1v) is 10.9. The van der Waals surface area contributed by atoms with E-state index in [4.69, 9.17) is 4.74 Å². The Kier molecular flexibility index (Phi) is 5.10. The van der Waals surface area contributed by atoms with E-state index in [-0.39, 0.29) is 23.5 Å². The van der Waals surface area contributed by atoms with Gasteiger partial charge in [-0.05, 0) is 54.7 Å². The Morgan fingerprint density at radius 3 is 2.38 bits per heavy atom. The second-order valence-corrected chi connectivity index (χ2v) is 8.51. The molecule has 5 nitrogen and oxygen atoms in total. The molecule has 1 aliphatic carbocycles. The maximum atomic E-state index is 13.5. The van der Waals surface area contributed by atoms with Gasteiger partial charge in [0.05, 0.1) is 24.5 Å². The SMILES string of the molecule is COc1ccc([C@@H]2Nc3ccccc3NC3=C2C(=O)C[C@H](c2ccc(C)cc2)C3)cc1O. The van der Waals surface area contributed by atoms with Gasteiger partial charge in [-0.25, -0.2) is 0 Å². The number of Topliss-reactive ketones (excluding diaryl/α,β-unsaturated/α-hetero) is 1. The summed E-state index contributed by atoms with van der Waals surface area (Å²) in [4.78, 5) is 13.5. The van der Waals surface area contributed by atoms with Gasteiger partial charge in [-0.1, -0.05) is 48.0 Å². The van der Waals surface area contributed by atoms with E-state index in [1.807, 2.05) is 30.3 Å². The fourth-order valence-corrected chi connectivity index (χ4v) is 4.70. The van der Waals surface area contributed by atoms with Gasteiger partial charge in [-0.2, -0.15) is 0 Å². The van der Waals surface area contributed by atoms with E-state index in [2.05, 4.69) is 41.8 Å². The van der Waals surface area contributed by atoms with Gasteiger partial charge in [0.15, 0.2) is 17.3 Å². The quantitative estimate of drug-likeness (QED) is 0.502. The first-order chi connectivity index (χ1) is 15.5. The molecule has 2 atom stereocenters. The monoisotopic (exact) mass is 426 g/mol. The molecule has 3 aromatic rings. The van der Waals surface area contributed by atoms with Crippen LogP contribution >= 0.6 is 0 Å². The average molecular weight is 427 g/mol. The van der Waals surface area contributed by atoms with Crippen molar-refractivity contribution in [2.45, 2.75) is 31.7 Å². The molecule has 3 aromatic carbocycles. The van der Waals surface area contributed by atoms with Gasteiger partial charge in [0.2, 0.25) is 0 Å². The smallest absolute Gasteiger partial charge is 0.163 e. The van der Waals surface area contributed by atoms with Gasteiger partial charge < -0.3 is 20.5 Å². The summed E-state index contributed by atoms with van der Waals surface area (Å²) in [5, 5.41) is 17.5. The molecule has 0 saturated heterocycles. The van der Waals surface area contributed by atoms with Crippen molar-refractivity contribution in [2.24, 2.45) is 0 Å². The zero-order chi connectivity index (χ0) is 22.2. The number of benzene rings is 3. The van der Waals surface area contributed by atoms with Crippen LogP contribution in [0.3, 0.4) is 0 Å². The van der Waals surface area contributed by atoms with Crippen molar-refractivity contribution in [3.05, 3.63) is 94.7 Å². The maximum absolute atomic E-state index is 13.5. The number of rotatable bonds is 3. The number of anilines is 2.